The van der Waals surface area contributed by atoms with Crippen LogP contribution >= 0.6 is 24.0 Å². The summed E-state index contributed by atoms with van der Waals surface area (Å²) in [4.78, 5) is 19.9. The number of rotatable bonds is 7. The van der Waals surface area contributed by atoms with E-state index in [0.717, 1.165) is 70.0 Å². The first-order valence-electron chi connectivity index (χ1n) is 12.1. The summed E-state index contributed by atoms with van der Waals surface area (Å²) in [7, 11) is 1.74. The number of likely N-dealkylation sites (tertiary alicyclic amines) is 1. The van der Waals surface area contributed by atoms with Crippen molar-refractivity contribution in [2.45, 2.75) is 69.7 Å². The molecule has 1 amide bonds. The number of ether oxygens (including phenoxy) is 1. The number of carbonyl (C=O) groups is 1. The molecule has 1 atom stereocenters. The molecule has 7 heteroatoms. The molecule has 1 aromatic rings. The lowest BCUT2D eigenvalue weighted by Gasteiger charge is -2.26. The molecule has 2 saturated carbocycles. The molecule has 3 aliphatic rings. The van der Waals surface area contributed by atoms with Crippen LogP contribution in [-0.4, -0.2) is 56.1 Å². The molecule has 0 radical (unpaired) electrons. The van der Waals surface area contributed by atoms with E-state index < -0.39 is 0 Å². The quantitative estimate of drug-likeness (QED) is 0.303. The van der Waals surface area contributed by atoms with E-state index in [1.807, 2.05) is 12.1 Å². The maximum Gasteiger partial charge on any atom is 0.225 e. The fourth-order valence-corrected chi connectivity index (χ4v) is 5.18. The van der Waals surface area contributed by atoms with Gasteiger partial charge in [0.1, 0.15) is 5.75 Å². The molecular weight excluding hydrogens is 515 g/mol. The summed E-state index contributed by atoms with van der Waals surface area (Å²) in [6.45, 7) is 5.32. The lowest BCUT2D eigenvalue weighted by Crippen LogP contribution is -2.46. The number of guanidine groups is 1. The Kier molecular flexibility index (Phi) is 9.08. The second-order valence-electron chi connectivity index (χ2n) is 9.42. The highest BCUT2D eigenvalue weighted by atomic mass is 127. The summed E-state index contributed by atoms with van der Waals surface area (Å²) < 4.78 is 5.60. The van der Waals surface area contributed by atoms with Gasteiger partial charge in [0.15, 0.2) is 5.96 Å². The Bertz CT molecular complexity index is 790. The lowest BCUT2D eigenvalue weighted by atomic mass is 9.88. The van der Waals surface area contributed by atoms with Crippen molar-refractivity contribution in [1.82, 2.24) is 15.5 Å². The summed E-state index contributed by atoms with van der Waals surface area (Å²) in [6, 6.07) is 8.59. The average Bonchev–Trinajstić information content (AvgIpc) is 3.47. The van der Waals surface area contributed by atoms with Crippen LogP contribution in [0.3, 0.4) is 0 Å². The molecule has 1 heterocycles. The number of benzene rings is 1. The van der Waals surface area contributed by atoms with Gasteiger partial charge in [-0.1, -0.05) is 37.5 Å². The Balaban J connectivity index is 0.00000289. The summed E-state index contributed by atoms with van der Waals surface area (Å²) in [5.41, 5.74) is 1.36. The van der Waals surface area contributed by atoms with Crippen LogP contribution in [0.25, 0.3) is 0 Å². The Hall–Kier alpha value is -1.51. The zero-order valence-corrected chi connectivity index (χ0v) is 21.9. The largest absolute Gasteiger partial charge is 0.496 e. The van der Waals surface area contributed by atoms with E-state index in [-0.39, 0.29) is 41.4 Å². The van der Waals surface area contributed by atoms with Crippen LogP contribution in [0.5, 0.6) is 5.75 Å². The van der Waals surface area contributed by atoms with Crippen molar-refractivity contribution in [2.24, 2.45) is 10.9 Å². The molecule has 0 bridgehead atoms. The maximum atomic E-state index is 12.9. The van der Waals surface area contributed by atoms with Gasteiger partial charge in [-0.05, 0) is 45.1 Å². The number of halogens is 1. The minimum atomic E-state index is 0. The van der Waals surface area contributed by atoms with E-state index >= 15 is 0 Å². The van der Waals surface area contributed by atoms with Gasteiger partial charge in [-0.2, -0.15) is 0 Å². The highest BCUT2D eigenvalue weighted by molar-refractivity contribution is 14.0. The number of carbonyl (C=O) groups excluding carboxylic acids is 1. The Labute approximate surface area is 210 Å². The number of methoxy groups -OCH3 is 1. The number of aliphatic imine (C=N–C) groups is 1. The van der Waals surface area contributed by atoms with Gasteiger partial charge in [0.05, 0.1) is 13.7 Å². The fraction of sp³-hybridized carbons (Fsp3) is 0.680. The Morgan fingerprint density at radius 1 is 1.19 bits per heavy atom. The van der Waals surface area contributed by atoms with E-state index in [4.69, 9.17) is 9.73 Å². The maximum absolute atomic E-state index is 12.9. The summed E-state index contributed by atoms with van der Waals surface area (Å²) in [5, 5.41) is 7.00. The first-order valence-corrected chi connectivity index (χ1v) is 12.1. The van der Waals surface area contributed by atoms with Crippen molar-refractivity contribution >= 4 is 35.8 Å². The highest BCUT2D eigenvalue weighted by Crippen LogP contribution is 2.51. The zero-order chi connectivity index (χ0) is 21.7. The number of amides is 1. The monoisotopic (exact) mass is 554 g/mol. The predicted octanol–water partition coefficient (Wildman–Crippen LogP) is 4.08. The molecule has 4 rings (SSSR count). The molecule has 3 fully saturated rings. The van der Waals surface area contributed by atoms with E-state index in [1.54, 1.807) is 7.11 Å². The third kappa shape index (κ3) is 5.88. The van der Waals surface area contributed by atoms with E-state index in [9.17, 15) is 4.79 Å². The van der Waals surface area contributed by atoms with Crippen molar-refractivity contribution < 1.29 is 9.53 Å². The molecule has 2 aliphatic carbocycles. The number of nitrogens with one attached hydrogen (secondary N) is 2. The fourth-order valence-electron chi connectivity index (χ4n) is 5.18. The summed E-state index contributed by atoms with van der Waals surface area (Å²) in [5.74, 6) is 2.45. The molecule has 1 saturated heterocycles. The van der Waals surface area contributed by atoms with Crippen LogP contribution in [0.1, 0.15) is 63.9 Å². The van der Waals surface area contributed by atoms with Crippen molar-refractivity contribution in [2.75, 3.05) is 33.3 Å². The Morgan fingerprint density at radius 3 is 2.62 bits per heavy atom. The zero-order valence-electron chi connectivity index (χ0n) is 19.6. The molecule has 6 nitrogen and oxygen atoms in total. The Morgan fingerprint density at radius 2 is 1.94 bits per heavy atom. The molecular formula is C25H39IN4O2. The lowest BCUT2D eigenvalue weighted by molar-refractivity contribution is -0.135. The van der Waals surface area contributed by atoms with Crippen LogP contribution < -0.4 is 15.4 Å². The molecule has 0 aromatic heterocycles. The first kappa shape index (κ1) is 25.1. The van der Waals surface area contributed by atoms with Gasteiger partial charge in [0.25, 0.3) is 0 Å². The number of hydrogen-bond donors (Lipinski definition) is 2. The number of nitrogens with zero attached hydrogens (tertiary/aromatic N) is 2. The third-order valence-electron chi connectivity index (χ3n) is 7.21. The second-order valence-corrected chi connectivity index (χ2v) is 9.42. The molecule has 1 unspecified atom stereocenters. The van der Waals surface area contributed by atoms with Gasteiger partial charge in [-0.15, -0.1) is 24.0 Å². The molecule has 0 spiro atoms. The van der Waals surface area contributed by atoms with Crippen LogP contribution in [0.2, 0.25) is 0 Å². The number of para-hydroxylation sites is 1. The van der Waals surface area contributed by atoms with Gasteiger partial charge >= 0.3 is 0 Å². The molecule has 178 valence electrons. The van der Waals surface area contributed by atoms with E-state index in [0.29, 0.717) is 5.91 Å². The molecule has 2 N–H and O–H groups in total. The van der Waals surface area contributed by atoms with E-state index in [2.05, 4.69) is 34.6 Å². The predicted molar refractivity (Wildman–Crippen MR) is 140 cm³/mol. The minimum Gasteiger partial charge on any atom is -0.496 e. The third-order valence-corrected chi connectivity index (χ3v) is 7.21. The SMILES string of the molecule is CCNC(=NCC1(c2ccccc2OC)CC1)NC1CCN(C(=O)C2CCCCC2)C1.I. The van der Waals surface area contributed by atoms with Crippen LogP contribution in [0.4, 0.5) is 0 Å². The average molecular weight is 555 g/mol. The van der Waals surface area contributed by atoms with Gasteiger partial charge in [-0.25, -0.2) is 0 Å². The highest BCUT2D eigenvalue weighted by Gasteiger charge is 2.46. The van der Waals surface area contributed by atoms with Crippen molar-refractivity contribution in [3.63, 3.8) is 0 Å². The second kappa shape index (κ2) is 11.6. The summed E-state index contributed by atoms with van der Waals surface area (Å²) in [6.07, 6.45) is 9.11. The first-order chi connectivity index (χ1) is 15.1. The van der Waals surface area contributed by atoms with Gasteiger partial charge in [0.2, 0.25) is 5.91 Å². The summed E-state index contributed by atoms with van der Waals surface area (Å²) >= 11 is 0. The minimum absolute atomic E-state index is 0. The van der Waals surface area contributed by atoms with Crippen molar-refractivity contribution in [3.8, 4) is 5.75 Å². The van der Waals surface area contributed by atoms with Crippen LogP contribution in [-0.2, 0) is 10.2 Å². The van der Waals surface area contributed by atoms with E-state index in [1.165, 1.54) is 24.8 Å². The smallest absolute Gasteiger partial charge is 0.225 e. The van der Waals surface area contributed by atoms with Crippen molar-refractivity contribution in [1.29, 1.82) is 0 Å². The molecule has 1 aromatic carbocycles. The van der Waals surface area contributed by atoms with Gasteiger partial charge in [-0.3, -0.25) is 9.79 Å². The van der Waals surface area contributed by atoms with Crippen molar-refractivity contribution in [3.05, 3.63) is 29.8 Å². The van der Waals surface area contributed by atoms with Gasteiger partial charge in [0, 0.05) is 42.6 Å². The normalized spacial score (nSPS) is 22.8. The molecule has 32 heavy (non-hydrogen) atoms. The topological polar surface area (TPSA) is 66.0 Å². The molecule has 1 aliphatic heterocycles. The standard InChI is InChI=1S/C25H38N4O2.HI/c1-3-26-24(27-18-25(14-15-25)21-11-7-8-12-22(21)31-2)28-20-13-16-29(17-20)23(30)19-9-5-4-6-10-19;/h7-8,11-12,19-20H,3-6,9-10,13-18H2,1-2H3,(H2,26,27,28);1H. The van der Waals surface area contributed by atoms with Gasteiger partial charge < -0.3 is 20.3 Å². The number of hydrogen-bond acceptors (Lipinski definition) is 3. The van der Waals surface area contributed by atoms with Crippen LogP contribution in [0.15, 0.2) is 29.3 Å². The van der Waals surface area contributed by atoms with Crippen LogP contribution in [0, 0.1) is 5.92 Å².